The molecule has 134 valence electrons. The summed E-state index contributed by atoms with van der Waals surface area (Å²) < 4.78 is 38.8. The van der Waals surface area contributed by atoms with Crippen molar-refractivity contribution in [2.24, 2.45) is 0 Å². The molecule has 3 rings (SSSR count). The fourth-order valence-corrected chi connectivity index (χ4v) is 5.19. The van der Waals surface area contributed by atoms with Crippen LogP contribution < -0.4 is 4.72 Å². The minimum Gasteiger partial charge on any atom is -0.358 e. The van der Waals surface area contributed by atoms with Gasteiger partial charge in [0, 0.05) is 53.5 Å². The monoisotopic (exact) mass is 380 g/mol. The summed E-state index contributed by atoms with van der Waals surface area (Å²) in [7, 11) is -4.29. The zero-order valence-corrected chi connectivity index (χ0v) is 15.5. The van der Waals surface area contributed by atoms with Gasteiger partial charge in [0.05, 0.1) is 22.5 Å². The second kappa shape index (κ2) is 7.15. The van der Waals surface area contributed by atoms with Crippen LogP contribution in [0.1, 0.15) is 11.1 Å². The third kappa shape index (κ3) is 4.03. The number of H-pyrrole nitrogens is 1. The fraction of sp³-hybridized carbons (Fsp3) is 0.438. The van der Waals surface area contributed by atoms with E-state index in [0.29, 0.717) is 47.9 Å². The van der Waals surface area contributed by atoms with Crippen LogP contribution >= 0.6 is 0 Å². The van der Waals surface area contributed by atoms with Crippen LogP contribution in [0.4, 0.5) is 5.69 Å². The summed E-state index contributed by atoms with van der Waals surface area (Å²) in [6.45, 7) is 3.63. The Bertz CT molecular complexity index is 950. The van der Waals surface area contributed by atoms with Crippen molar-refractivity contribution < 1.29 is 12.6 Å². The highest BCUT2D eigenvalue weighted by molar-refractivity contribution is 7.92. The van der Waals surface area contributed by atoms with Gasteiger partial charge in [0.15, 0.2) is 0 Å². The van der Waals surface area contributed by atoms with E-state index in [0.717, 1.165) is 10.9 Å². The maximum atomic E-state index is 12.4. The molecule has 0 bridgehead atoms. The Morgan fingerprint density at radius 1 is 1.36 bits per heavy atom. The molecule has 0 saturated carbocycles. The molecule has 1 aromatic heterocycles. The van der Waals surface area contributed by atoms with Crippen LogP contribution in [0.3, 0.4) is 0 Å². The van der Waals surface area contributed by atoms with E-state index >= 15 is 0 Å². The first-order valence-corrected chi connectivity index (χ1v) is 11.1. The molecule has 0 aliphatic carbocycles. The quantitative estimate of drug-likeness (QED) is 0.809. The smallest absolute Gasteiger partial charge is 0.234 e. The van der Waals surface area contributed by atoms with Crippen LogP contribution in [0.15, 0.2) is 18.3 Å². The summed E-state index contributed by atoms with van der Waals surface area (Å²) in [5, 5.41) is 9.92. The average Bonchev–Trinajstić information content (AvgIpc) is 3.02. The second-order valence-electron chi connectivity index (χ2n) is 6.10. The molecular weight excluding hydrogens is 360 g/mol. The Balaban J connectivity index is 1.74. The zero-order chi connectivity index (χ0) is 18.0. The molecule has 2 N–H and O–H groups in total. The molecule has 1 aromatic carbocycles. The van der Waals surface area contributed by atoms with Gasteiger partial charge in [0.1, 0.15) is 6.07 Å². The third-order valence-electron chi connectivity index (χ3n) is 4.38. The highest BCUT2D eigenvalue weighted by Gasteiger charge is 2.19. The van der Waals surface area contributed by atoms with Crippen LogP contribution in [0.25, 0.3) is 10.9 Å². The maximum absolute atomic E-state index is 12.4. The number of nitrogens with one attached hydrogen (secondary N) is 2. The Hall–Kier alpha value is -1.89. The third-order valence-corrected chi connectivity index (χ3v) is 6.90. The first-order valence-electron chi connectivity index (χ1n) is 7.98. The van der Waals surface area contributed by atoms with E-state index in [1.165, 1.54) is 0 Å². The zero-order valence-electron chi connectivity index (χ0n) is 13.9. The van der Waals surface area contributed by atoms with E-state index in [9.17, 15) is 17.9 Å². The molecule has 2 aromatic rings. The molecule has 25 heavy (non-hydrogen) atoms. The van der Waals surface area contributed by atoms with Gasteiger partial charge in [0.2, 0.25) is 10.0 Å². The summed E-state index contributed by atoms with van der Waals surface area (Å²) in [6, 6.07) is 5.62. The molecule has 0 unspecified atom stereocenters. The van der Waals surface area contributed by atoms with Crippen molar-refractivity contribution >= 4 is 37.4 Å². The Kier molecular flexibility index (Phi) is 5.13. The number of nitrogens with zero attached hydrogens (tertiary/aromatic N) is 2. The number of aromatic amines is 1. The number of rotatable bonds is 5. The first kappa shape index (κ1) is 17.9. The first-order chi connectivity index (χ1) is 11.9. The van der Waals surface area contributed by atoms with E-state index in [1.54, 1.807) is 18.3 Å². The minimum absolute atomic E-state index is 0.0270. The van der Waals surface area contributed by atoms with Crippen molar-refractivity contribution in [3.05, 3.63) is 29.5 Å². The lowest BCUT2D eigenvalue weighted by atomic mass is 10.1. The molecule has 1 saturated heterocycles. The topological polar surface area (TPSA) is 106 Å². The maximum Gasteiger partial charge on any atom is 0.234 e. The van der Waals surface area contributed by atoms with E-state index in [1.807, 2.05) is 11.8 Å². The number of anilines is 1. The van der Waals surface area contributed by atoms with E-state index in [2.05, 4.69) is 15.8 Å². The van der Waals surface area contributed by atoms with Crippen molar-refractivity contribution in [2.75, 3.05) is 41.6 Å². The summed E-state index contributed by atoms with van der Waals surface area (Å²) in [6.07, 6.45) is 1.59. The number of sulfonamides is 1. The molecule has 0 amide bonds. The number of aryl methyl sites for hydroxylation is 1. The number of aromatic nitrogens is 1. The molecule has 2 heterocycles. The lowest BCUT2D eigenvalue weighted by Gasteiger charge is -2.25. The predicted molar refractivity (Wildman–Crippen MR) is 99.5 cm³/mol. The molecule has 0 spiro atoms. The summed E-state index contributed by atoms with van der Waals surface area (Å²) in [5.41, 5.74) is 2.47. The summed E-state index contributed by atoms with van der Waals surface area (Å²) in [5.74, 6) is 1.18. The average molecular weight is 380 g/mol. The van der Waals surface area contributed by atoms with Gasteiger partial charge in [-0.05, 0) is 18.6 Å². The predicted octanol–water partition coefficient (Wildman–Crippen LogP) is 1.15. The van der Waals surface area contributed by atoms with Crippen LogP contribution in [0.2, 0.25) is 0 Å². The lowest BCUT2D eigenvalue weighted by Crippen LogP contribution is -2.40. The van der Waals surface area contributed by atoms with Crippen molar-refractivity contribution in [2.45, 2.75) is 6.92 Å². The normalized spacial score (nSPS) is 16.8. The van der Waals surface area contributed by atoms with Gasteiger partial charge in [-0.3, -0.25) is 8.93 Å². The largest absolute Gasteiger partial charge is 0.358 e. The fourth-order valence-electron chi connectivity index (χ4n) is 2.96. The second-order valence-corrected chi connectivity index (χ2v) is 9.64. The Morgan fingerprint density at radius 2 is 2.08 bits per heavy atom. The van der Waals surface area contributed by atoms with Gasteiger partial charge in [-0.25, -0.2) is 8.42 Å². The van der Waals surface area contributed by atoms with Gasteiger partial charge in [0.25, 0.3) is 0 Å². The molecule has 1 aliphatic rings. The van der Waals surface area contributed by atoms with Gasteiger partial charge in [-0.2, -0.15) is 5.26 Å². The SMILES string of the molecule is Cc1ccc(NS(=O)(=O)CCN2CCS(=O)CC2)c2[nH]cc(C#N)c12. The number of fused-ring (bicyclic) bond motifs is 1. The van der Waals surface area contributed by atoms with Crippen LogP contribution in [-0.2, 0) is 20.8 Å². The summed E-state index contributed by atoms with van der Waals surface area (Å²) in [4.78, 5) is 5.01. The lowest BCUT2D eigenvalue weighted by molar-refractivity contribution is 0.317. The van der Waals surface area contributed by atoms with Crippen LogP contribution in [-0.4, -0.2) is 59.4 Å². The summed E-state index contributed by atoms with van der Waals surface area (Å²) >= 11 is 0. The Morgan fingerprint density at radius 3 is 2.76 bits per heavy atom. The molecule has 7 nitrogen and oxygen atoms in total. The standard InChI is InChI=1S/C16H20N4O3S2/c1-12-2-3-14(16-15(12)13(10-17)11-18-16)19-25(22,23)9-6-20-4-7-24(21)8-5-20/h2-3,11,18-19H,4-9H2,1H3. The number of nitriles is 1. The van der Waals surface area contributed by atoms with Gasteiger partial charge in [-0.1, -0.05) is 6.07 Å². The van der Waals surface area contributed by atoms with E-state index in [-0.39, 0.29) is 5.75 Å². The van der Waals surface area contributed by atoms with Crippen molar-refractivity contribution in [1.29, 1.82) is 5.26 Å². The van der Waals surface area contributed by atoms with Crippen LogP contribution in [0.5, 0.6) is 0 Å². The number of hydrogen-bond donors (Lipinski definition) is 2. The molecular formula is C16H20N4O3S2. The van der Waals surface area contributed by atoms with Gasteiger partial charge < -0.3 is 9.88 Å². The van der Waals surface area contributed by atoms with Crippen molar-refractivity contribution in [3.8, 4) is 6.07 Å². The molecule has 0 radical (unpaired) electrons. The van der Waals surface area contributed by atoms with E-state index < -0.39 is 20.8 Å². The van der Waals surface area contributed by atoms with Crippen molar-refractivity contribution in [3.63, 3.8) is 0 Å². The van der Waals surface area contributed by atoms with Crippen LogP contribution in [0, 0.1) is 18.3 Å². The number of benzene rings is 1. The molecule has 9 heteroatoms. The van der Waals surface area contributed by atoms with Crippen molar-refractivity contribution in [1.82, 2.24) is 9.88 Å². The highest BCUT2D eigenvalue weighted by atomic mass is 32.2. The van der Waals surface area contributed by atoms with Gasteiger partial charge >= 0.3 is 0 Å². The minimum atomic E-state index is -3.52. The molecule has 0 atom stereocenters. The Labute approximate surface area is 149 Å². The number of hydrogen-bond acceptors (Lipinski definition) is 5. The molecule has 1 aliphatic heterocycles. The van der Waals surface area contributed by atoms with E-state index in [4.69, 9.17) is 0 Å². The highest BCUT2D eigenvalue weighted by Crippen LogP contribution is 2.29. The molecule has 1 fully saturated rings. The van der Waals surface area contributed by atoms with Gasteiger partial charge in [-0.15, -0.1) is 0 Å².